The minimum absolute atomic E-state index is 0.188. The number of pyridine rings is 1. The second-order valence-corrected chi connectivity index (χ2v) is 5.44. The van der Waals surface area contributed by atoms with Crippen molar-refractivity contribution in [1.29, 1.82) is 0 Å². The normalized spacial score (nSPS) is 12.0. The Morgan fingerprint density at radius 3 is 2.78 bits per heavy atom. The lowest BCUT2D eigenvalue weighted by atomic mass is 10.2. The van der Waals surface area contributed by atoms with E-state index >= 15 is 0 Å². The Hall–Kier alpha value is -2.34. The summed E-state index contributed by atoms with van der Waals surface area (Å²) >= 11 is 0. The molecular formula is C17H23N3O3. The van der Waals surface area contributed by atoms with E-state index in [4.69, 9.17) is 9.15 Å². The number of ether oxygens (including phenoxy) is 1. The van der Waals surface area contributed by atoms with Crippen LogP contribution < -0.4 is 10.2 Å². The minimum atomic E-state index is -0.330. The third-order valence-electron chi connectivity index (χ3n) is 3.48. The van der Waals surface area contributed by atoms with Gasteiger partial charge in [-0.05, 0) is 24.3 Å². The van der Waals surface area contributed by atoms with Crippen molar-refractivity contribution in [3.8, 4) is 0 Å². The number of carbonyl (C=O) groups excluding carboxylic acids is 1. The van der Waals surface area contributed by atoms with Crippen molar-refractivity contribution in [2.24, 2.45) is 0 Å². The van der Waals surface area contributed by atoms with Crippen LogP contribution in [0.1, 0.15) is 34.8 Å². The lowest BCUT2D eigenvalue weighted by Crippen LogP contribution is -2.31. The molecule has 6 nitrogen and oxygen atoms in total. The summed E-state index contributed by atoms with van der Waals surface area (Å²) in [6.07, 6.45) is 2.43. The number of methoxy groups -OCH3 is 1. The molecule has 1 amide bonds. The van der Waals surface area contributed by atoms with Crippen LogP contribution in [-0.4, -0.2) is 38.7 Å². The lowest BCUT2D eigenvalue weighted by molar-refractivity contribution is 0.0882. The molecule has 0 aliphatic carbocycles. The second kappa shape index (κ2) is 7.78. The Morgan fingerprint density at radius 1 is 1.39 bits per heavy atom. The summed E-state index contributed by atoms with van der Waals surface area (Å²) < 4.78 is 10.9. The number of anilines is 1. The molecule has 124 valence electrons. The van der Waals surface area contributed by atoms with Gasteiger partial charge >= 0.3 is 0 Å². The maximum absolute atomic E-state index is 12.5. The van der Waals surface area contributed by atoms with Crippen LogP contribution in [0.15, 0.2) is 34.9 Å². The summed E-state index contributed by atoms with van der Waals surface area (Å²) in [7, 11) is 5.36. The van der Waals surface area contributed by atoms with Crippen LogP contribution in [0.3, 0.4) is 0 Å². The third kappa shape index (κ3) is 4.32. The van der Waals surface area contributed by atoms with Crippen LogP contribution >= 0.6 is 0 Å². The number of amides is 1. The molecule has 1 atom stereocenters. The largest absolute Gasteiger partial charge is 0.464 e. The summed E-state index contributed by atoms with van der Waals surface area (Å²) in [5.41, 5.74) is 0.548. The van der Waals surface area contributed by atoms with Crippen molar-refractivity contribution in [3.63, 3.8) is 0 Å². The molecule has 0 aliphatic heterocycles. The maximum atomic E-state index is 12.5. The van der Waals surface area contributed by atoms with Gasteiger partial charge in [-0.1, -0.05) is 6.92 Å². The second-order valence-electron chi connectivity index (χ2n) is 5.44. The molecule has 6 heteroatoms. The average Bonchev–Trinajstić information content (AvgIpc) is 3.03. The highest BCUT2D eigenvalue weighted by molar-refractivity contribution is 5.95. The maximum Gasteiger partial charge on any atom is 0.252 e. The van der Waals surface area contributed by atoms with Crippen LogP contribution in [0.25, 0.3) is 0 Å². The molecule has 0 aliphatic rings. The number of nitrogens with one attached hydrogen (secondary N) is 1. The van der Waals surface area contributed by atoms with E-state index in [1.165, 1.54) is 0 Å². The quantitative estimate of drug-likeness (QED) is 0.849. The van der Waals surface area contributed by atoms with Gasteiger partial charge in [0.15, 0.2) is 0 Å². The molecule has 0 saturated carbocycles. The molecule has 0 aromatic carbocycles. The van der Waals surface area contributed by atoms with Crippen LogP contribution in [0.5, 0.6) is 0 Å². The molecule has 0 fully saturated rings. The first-order valence-corrected chi connectivity index (χ1v) is 7.57. The fourth-order valence-electron chi connectivity index (χ4n) is 2.18. The number of aromatic nitrogens is 1. The number of hydrogen-bond donors (Lipinski definition) is 1. The van der Waals surface area contributed by atoms with Gasteiger partial charge in [-0.3, -0.25) is 4.79 Å². The molecule has 0 unspecified atom stereocenters. The number of carbonyl (C=O) groups is 1. The van der Waals surface area contributed by atoms with Gasteiger partial charge in [-0.2, -0.15) is 0 Å². The molecule has 2 rings (SSSR count). The van der Waals surface area contributed by atoms with E-state index in [0.29, 0.717) is 17.9 Å². The molecule has 2 aromatic heterocycles. The Bertz CT molecular complexity index is 652. The summed E-state index contributed by atoms with van der Waals surface area (Å²) in [5, 5.41) is 2.95. The van der Waals surface area contributed by atoms with Gasteiger partial charge in [-0.25, -0.2) is 4.98 Å². The van der Waals surface area contributed by atoms with E-state index in [9.17, 15) is 4.79 Å². The molecular weight excluding hydrogens is 294 g/mol. The molecule has 0 bridgehead atoms. The molecule has 23 heavy (non-hydrogen) atoms. The standard InChI is InChI=1S/C17H23N3O3/c1-5-13-6-7-15(23-13)14(11-22-4)19-17(21)12-8-9-18-16(10-12)20(2)3/h6-10,14H,5,11H2,1-4H3,(H,19,21)/t14-/m0/s1. The first-order chi connectivity index (χ1) is 11.0. The number of furan rings is 1. The summed E-state index contributed by atoms with van der Waals surface area (Å²) in [4.78, 5) is 18.6. The van der Waals surface area contributed by atoms with Crippen molar-refractivity contribution < 1.29 is 13.9 Å². The zero-order valence-electron chi connectivity index (χ0n) is 14.0. The first kappa shape index (κ1) is 17.0. The molecule has 0 radical (unpaired) electrons. The molecule has 0 saturated heterocycles. The zero-order valence-corrected chi connectivity index (χ0v) is 14.0. The summed E-state index contributed by atoms with van der Waals surface area (Å²) in [6, 6.07) is 6.90. The van der Waals surface area contributed by atoms with E-state index in [1.807, 2.05) is 38.1 Å². The first-order valence-electron chi connectivity index (χ1n) is 7.57. The van der Waals surface area contributed by atoms with Crippen molar-refractivity contribution in [1.82, 2.24) is 10.3 Å². The van der Waals surface area contributed by atoms with Gasteiger partial charge < -0.3 is 19.4 Å². The topological polar surface area (TPSA) is 67.6 Å². The summed E-state index contributed by atoms with van der Waals surface area (Å²) in [5.74, 6) is 2.12. The number of aryl methyl sites for hydroxylation is 1. The number of hydrogen-bond acceptors (Lipinski definition) is 5. The number of rotatable bonds is 7. The third-order valence-corrected chi connectivity index (χ3v) is 3.48. The molecule has 2 aromatic rings. The zero-order chi connectivity index (χ0) is 16.8. The van der Waals surface area contributed by atoms with Gasteiger partial charge in [0.2, 0.25) is 0 Å². The van der Waals surface area contributed by atoms with Gasteiger partial charge in [0.05, 0.1) is 6.61 Å². The molecule has 1 N–H and O–H groups in total. The Kier molecular flexibility index (Phi) is 5.76. The lowest BCUT2D eigenvalue weighted by Gasteiger charge is -2.17. The van der Waals surface area contributed by atoms with E-state index in [2.05, 4.69) is 10.3 Å². The van der Waals surface area contributed by atoms with Crippen LogP contribution in [0, 0.1) is 0 Å². The molecule has 0 spiro atoms. The smallest absolute Gasteiger partial charge is 0.252 e. The Balaban J connectivity index is 2.16. The SMILES string of the molecule is CCc1ccc([C@H](COC)NC(=O)c2ccnc(N(C)C)c2)o1. The monoisotopic (exact) mass is 317 g/mol. The Morgan fingerprint density at radius 2 is 2.17 bits per heavy atom. The molecule has 2 heterocycles. The Labute approximate surface area is 136 Å². The minimum Gasteiger partial charge on any atom is -0.464 e. The van der Waals surface area contributed by atoms with Crippen molar-refractivity contribution in [2.45, 2.75) is 19.4 Å². The van der Waals surface area contributed by atoms with Gasteiger partial charge in [0.25, 0.3) is 5.91 Å². The van der Waals surface area contributed by atoms with E-state index in [-0.39, 0.29) is 11.9 Å². The van der Waals surface area contributed by atoms with Crippen molar-refractivity contribution in [3.05, 3.63) is 47.5 Å². The highest BCUT2D eigenvalue weighted by Crippen LogP contribution is 2.19. The van der Waals surface area contributed by atoms with Crippen molar-refractivity contribution in [2.75, 3.05) is 32.7 Å². The van der Waals surface area contributed by atoms with E-state index in [0.717, 1.165) is 18.0 Å². The predicted molar refractivity (Wildman–Crippen MR) is 88.7 cm³/mol. The average molecular weight is 317 g/mol. The predicted octanol–water partition coefficient (Wildman–Crippen LogP) is 2.42. The van der Waals surface area contributed by atoms with Crippen LogP contribution in [0.4, 0.5) is 5.82 Å². The van der Waals surface area contributed by atoms with Gasteiger partial charge in [0.1, 0.15) is 23.4 Å². The van der Waals surface area contributed by atoms with Gasteiger partial charge in [0, 0.05) is 39.4 Å². The van der Waals surface area contributed by atoms with Crippen LogP contribution in [0.2, 0.25) is 0 Å². The van der Waals surface area contributed by atoms with E-state index < -0.39 is 0 Å². The van der Waals surface area contributed by atoms with Gasteiger partial charge in [-0.15, -0.1) is 0 Å². The highest BCUT2D eigenvalue weighted by atomic mass is 16.5. The number of nitrogens with zero attached hydrogens (tertiary/aromatic N) is 2. The van der Waals surface area contributed by atoms with Crippen LogP contribution in [-0.2, 0) is 11.2 Å². The fraction of sp³-hybridized carbons (Fsp3) is 0.412. The summed E-state index contributed by atoms with van der Waals surface area (Å²) in [6.45, 7) is 2.36. The van der Waals surface area contributed by atoms with E-state index in [1.54, 1.807) is 25.4 Å². The van der Waals surface area contributed by atoms with Crippen molar-refractivity contribution >= 4 is 11.7 Å². The fourth-order valence-corrected chi connectivity index (χ4v) is 2.18. The highest BCUT2D eigenvalue weighted by Gasteiger charge is 2.19.